The summed E-state index contributed by atoms with van der Waals surface area (Å²) < 4.78 is 11.6. The third kappa shape index (κ3) is 6.73. The van der Waals surface area contributed by atoms with Gasteiger partial charge in [0.1, 0.15) is 5.57 Å². The van der Waals surface area contributed by atoms with Crippen molar-refractivity contribution in [2.24, 2.45) is 0 Å². The third-order valence-electron chi connectivity index (χ3n) is 6.92. The normalized spacial score (nSPS) is 13.2. The number of anilines is 3. The van der Waals surface area contributed by atoms with Crippen molar-refractivity contribution in [1.29, 1.82) is 0 Å². The fraction of sp³-hybridized carbons (Fsp3) is 0.143. The maximum atomic E-state index is 13.7. The summed E-state index contributed by atoms with van der Waals surface area (Å²) in [5.74, 6) is -1.63. The van der Waals surface area contributed by atoms with E-state index in [9.17, 15) is 19.2 Å². The van der Waals surface area contributed by atoms with Crippen LogP contribution in [0.15, 0.2) is 96.6 Å². The molecule has 228 valence electrons. The molecule has 5 rings (SSSR count). The highest BCUT2D eigenvalue weighted by molar-refractivity contribution is 6.46. The topological polar surface area (TPSA) is 105 Å². The molecule has 45 heavy (non-hydrogen) atoms. The monoisotopic (exact) mass is 623 g/mol. The number of halogens is 1. The first-order valence-electron chi connectivity index (χ1n) is 14.2. The molecule has 1 aliphatic heterocycles. The van der Waals surface area contributed by atoms with E-state index in [4.69, 9.17) is 21.1 Å². The van der Waals surface area contributed by atoms with Gasteiger partial charge in [0.15, 0.2) is 18.1 Å². The van der Waals surface area contributed by atoms with Crippen LogP contribution >= 0.6 is 11.6 Å². The number of carbonyl (C=O) groups excluding carboxylic acids is 4. The summed E-state index contributed by atoms with van der Waals surface area (Å²) in [6.07, 6.45) is 1.36. The number of carbonyl (C=O) groups is 4. The summed E-state index contributed by atoms with van der Waals surface area (Å²) in [4.78, 5) is 55.6. The van der Waals surface area contributed by atoms with Crippen LogP contribution in [-0.4, -0.2) is 37.0 Å². The fourth-order valence-corrected chi connectivity index (χ4v) is 5.13. The number of para-hydroxylation sites is 2. The van der Waals surface area contributed by atoms with Crippen molar-refractivity contribution in [3.8, 4) is 11.5 Å². The van der Waals surface area contributed by atoms with Gasteiger partial charge in [0.2, 0.25) is 0 Å². The van der Waals surface area contributed by atoms with E-state index in [1.165, 1.54) is 12.1 Å². The van der Waals surface area contributed by atoms with Crippen LogP contribution in [0.1, 0.15) is 23.6 Å². The second-order valence-electron chi connectivity index (χ2n) is 10.2. The number of imide groups is 2. The van der Waals surface area contributed by atoms with E-state index < -0.39 is 23.8 Å². The third-order valence-corrected chi connectivity index (χ3v) is 7.21. The minimum Gasteiger partial charge on any atom is -0.490 e. The summed E-state index contributed by atoms with van der Waals surface area (Å²) in [7, 11) is 0. The summed E-state index contributed by atoms with van der Waals surface area (Å²) >= 11 is 6.61. The Morgan fingerprint density at radius 3 is 1.98 bits per heavy atom. The largest absolute Gasteiger partial charge is 0.490 e. The van der Waals surface area contributed by atoms with Crippen molar-refractivity contribution in [3.63, 3.8) is 0 Å². The molecule has 1 fully saturated rings. The molecule has 9 nitrogen and oxygen atoms in total. The van der Waals surface area contributed by atoms with E-state index in [2.05, 4.69) is 5.32 Å². The molecule has 4 aromatic carbocycles. The van der Waals surface area contributed by atoms with E-state index in [0.29, 0.717) is 22.6 Å². The number of barbiturate groups is 1. The number of ether oxygens (including phenoxy) is 2. The molecule has 0 radical (unpaired) electrons. The Morgan fingerprint density at radius 1 is 0.822 bits per heavy atom. The highest BCUT2D eigenvalue weighted by Crippen LogP contribution is 2.38. The Kier molecular flexibility index (Phi) is 9.30. The molecule has 0 aromatic heterocycles. The van der Waals surface area contributed by atoms with Crippen molar-refractivity contribution in [2.45, 2.75) is 20.8 Å². The molecule has 1 saturated heterocycles. The molecule has 5 amide bonds. The zero-order valence-corrected chi connectivity index (χ0v) is 25.6. The Balaban J connectivity index is 1.47. The SMILES string of the molecule is CCOc1cc(C=C2C(=O)N(c3ccccc3)C(=O)N(c3ccccc3)C2=O)cc(Cl)c1OCC(=O)Nc1ccc(C)cc1C. The lowest BCUT2D eigenvalue weighted by molar-refractivity contribution is -0.121. The summed E-state index contributed by atoms with van der Waals surface area (Å²) in [5.41, 5.74) is 3.37. The van der Waals surface area contributed by atoms with E-state index in [1.54, 1.807) is 73.7 Å². The van der Waals surface area contributed by atoms with Gasteiger partial charge in [0.25, 0.3) is 17.7 Å². The number of nitrogens with zero attached hydrogens (tertiary/aromatic N) is 2. The van der Waals surface area contributed by atoms with Gasteiger partial charge in [-0.2, -0.15) is 0 Å². The van der Waals surface area contributed by atoms with Crippen LogP contribution in [0.5, 0.6) is 11.5 Å². The van der Waals surface area contributed by atoms with Crippen molar-refractivity contribution >= 4 is 58.5 Å². The molecule has 4 aromatic rings. The number of urea groups is 1. The number of hydrogen-bond donors (Lipinski definition) is 1. The average molecular weight is 624 g/mol. The van der Waals surface area contributed by atoms with Crippen molar-refractivity contribution < 1.29 is 28.7 Å². The molecule has 1 N–H and O–H groups in total. The standard InChI is InChI=1S/C35H30ClN3O6/c1-4-44-30-20-24(19-28(36)32(30)45-21-31(40)37-29-16-15-22(2)17-23(29)3)18-27-33(41)38(25-11-7-5-8-12-25)35(43)39(34(27)42)26-13-9-6-10-14-26/h5-20H,4,21H2,1-3H3,(H,37,40). The van der Waals surface area contributed by atoms with Crippen LogP contribution < -0.4 is 24.6 Å². The molecule has 0 spiro atoms. The zero-order chi connectivity index (χ0) is 32.1. The van der Waals surface area contributed by atoms with Crippen LogP contribution in [0.25, 0.3) is 6.08 Å². The number of aryl methyl sites for hydroxylation is 2. The fourth-order valence-electron chi connectivity index (χ4n) is 4.86. The van der Waals surface area contributed by atoms with Gasteiger partial charge in [-0.15, -0.1) is 0 Å². The minimum absolute atomic E-state index is 0.0960. The summed E-state index contributed by atoms with van der Waals surface area (Å²) in [5, 5.41) is 2.92. The van der Waals surface area contributed by atoms with Crippen LogP contribution in [0.3, 0.4) is 0 Å². The number of rotatable bonds is 9. The van der Waals surface area contributed by atoms with E-state index >= 15 is 0 Å². The van der Waals surface area contributed by atoms with Gasteiger partial charge in [-0.05, 0) is 80.4 Å². The van der Waals surface area contributed by atoms with Gasteiger partial charge < -0.3 is 14.8 Å². The second kappa shape index (κ2) is 13.5. The first kappa shape index (κ1) is 31.0. The molecule has 0 saturated carbocycles. The van der Waals surface area contributed by atoms with Gasteiger partial charge in [0.05, 0.1) is 23.0 Å². The first-order valence-corrected chi connectivity index (χ1v) is 14.6. The summed E-state index contributed by atoms with van der Waals surface area (Å²) in [6, 6.07) is 24.7. The molecule has 0 aliphatic carbocycles. The van der Waals surface area contributed by atoms with Crippen molar-refractivity contribution in [3.05, 3.63) is 118 Å². The maximum absolute atomic E-state index is 13.7. The van der Waals surface area contributed by atoms with Gasteiger partial charge >= 0.3 is 6.03 Å². The first-order chi connectivity index (χ1) is 21.7. The molecule has 0 bridgehead atoms. The van der Waals surface area contributed by atoms with E-state index in [0.717, 1.165) is 20.9 Å². The molecule has 0 atom stereocenters. The Hall–Kier alpha value is -5.41. The van der Waals surface area contributed by atoms with E-state index in [-0.39, 0.29) is 35.3 Å². The number of benzene rings is 4. The van der Waals surface area contributed by atoms with E-state index in [1.807, 2.05) is 32.0 Å². The van der Waals surface area contributed by atoms with Gasteiger partial charge in [0, 0.05) is 5.69 Å². The average Bonchev–Trinajstić information content (AvgIpc) is 3.01. The molecular formula is C35H30ClN3O6. The lowest BCUT2D eigenvalue weighted by atomic mass is 10.0. The predicted octanol–water partition coefficient (Wildman–Crippen LogP) is 6.96. The van der Waals surface area contributed by atoms with Crippen molar-refractivity contribution in [1.82, 2.24) is 0 Å². The van der Waals surface area contributed by atoms with Gasteiger partial charge in [-0.1, -0.05) is 65.7 Å². The summed E-state index contributed by atoms with van der Waals surface area (Å²) in [6.45, 7) is 5.54. The molecule has 10 heteroatoms. The molecule has 0 unspecified atom stereocenters. The highest BCUT2D eigenvalue weighted by Gasteiger charge is 2.43. The maximum Gasteiger partial charge on any atom is 0.343 e. The van der Waals surface area contributed by atoms with Gasteiger partial charge in [-0.25, -0.2) is 14.6 Å². The van der Waals surface area contributed by atoms with Crippen LogP contribution in [0.2, 0.25) is 5.02 Å². The molecular weight excluding hydrogens is 594 g/mol. The molecule has 1 aliphatic rings. The van der Waals surface area contributed by atoms with Crippen molar-refractivity contribution in [2.75, 3.05) is 28.3 Å². The number of nitrogens with one attached hydrogen (secondary N) is 1. The highest BCUT2D eigenvalue weighted by atomic mass is 35.5. The van der Waals surface area contributed by atoms with Crippen LogP contribution in [0.4, 0.5) is 21.9 Å². The zero-order valence-electron chi connectivity index (χ0n) is 24.9. The van der Waals surface area contributed by atoms with Gasteiger partial charge in [-0.3, -0.25) is 14.4 Å². The number of hydrogen-bond acceptors (Lipinski definition) is 6. The van der Waals surface area contributed by atoms with Crippen LogP contribution in [0, 0.1) is 13.8 Å². The molecule has 1 heterocycles. The smallest absolute Gasteiger partial charge is 0.343 e. The second-order valence-corrected chi connectivity index (χ2v) is 10.6. The minimum atomic E-state index is -0.796. The Labute approximate surface area is 265 Å². The number of amides is 5. The lowest BCUT2D eigenvalue weighted by Gasteiger charge is -2.34. The van der Waals surface area contributed by atoms with Crippen LogP contribution in [-0.2, 0) is 14.4 Å². The Morgan fingerprint density at radius 2 is 1.42 bits per heavy atom. The Bertz CT molecular complexity index is 1740. The lowest BCUT2D eigenvalue weighted by Crippen LogP contribution is -2.57. The quantitative estimate of drug-likeness (QED) is 0.160. The predicted molar refractivity (Wildman–Crippen MR) is 174 cm³/mol.